The average Bonchev–Trinajstić information content (AvgIpc) is 3.03. The third kappa shape index (κ3) is 6.20. The Hall–Kier alpha value is -1.58. The van der Waals surface area contributed by atoms with Crippen LogP contribution in [0.1, 0.15) is 23.4 Å². The minimum atomic E-state index is 0. The van der Waals surface area contributed by atoms with Gasteiger partial charge in [-0.3, -0.25) is 14.4 Å². The number of nitrogens with one attached hydrogen (secondary N) is 2. The van der Waals surface area contributed by atoms with Crippen LogP contribution >= 0.6 is 24.0 Å². The maximum atomic E-state index is 4.46. The first-order valence-corrected chi connectivity index (χ1v) is 7.51. The summed E-state index contributed by atoms with van der Waals surface area (Å²) in [6.07, 6.45) is 4.84. The fraction of sp³-hybridized carbons (Fsp3) is 0.533. The SMILES string of the molecule is CN=C(NCCCn1nc(C)cc1C)NCc1cnn(C)c1.I. The molecule has 7 nitrogen and oxygen atoms in total. The molecule has 2 N–H and O–H groups in total. The molecule has 0 aromatic carbocycles. The number of aromatic nitrogens is 4. The van der Waals surface area contributed by atoms with E-state index in [1.165, 1.54) is 5.69 Å². The topological polar surface area (TPSA) is 72.1 Å². The molecule has 0 radical (unpaired) electrons. The lowest BCUT2D eigenvalue weighted by Gasteiger charge is -2.11. The predicted molar refractivity (Wildman–Crippen MR) is 103 cm³/mol. The fourth-order valence-electron chi connectivity index (χ4n) is 2.31. The predicted octanol–water partition coefficient (Wildman–Crippen LogP) is 1.61. The van der Waals surface area contributed by atoms with Crippen LogP contribution in [0.2, 0.25) is 0 Å². The molecule has 0 spiro atoms. The summed E-state index contributed by atoms with van der Waals surface area (Å²) in [4.78, 5) is 4.22. The molecule has 8 heteroatoms. The third-order valence-electron chi connectivity index (χ3n) is 3.38. The van der Waals surface area contributed by atoms with E-state index in [0.717, 1.165) is 36.7 Å². The van der Waals surface area contributed by atoms with E-state index < -0.39 is 0 Å². The Kier molecular flexibility index (Phi) is 8.07. The first-order chi connectivity index (χ1) is 10.6. The van der Waals surface area contributed by atoms with E-state index in [2.05, 4.69) is 38.8 Å². The zero-order valence-electron chi connectivity index (χ0n) is 14.2. The number of hydrogen-bond donors (Lipinski definition) is 2. The number of guanidine groups is 1. The van der Waals surface area contributed by atoms with E-state index >= 15 is 0 Å². The van der Waals surface area contributed by atoms with Gasteiger partial charge in [0.15, 0.2) is 5.96 Å². The molecule has 23 heavy (non-hydrogen) atoms. The van der Waals surface area contributed by atoms with Gasteiger partial charge in [0, 0.05) is 51.2 Å². The molecule has 2 aromatic heterocycles. The van der Waals surface area contributed by atoms with Gasteiger partial charge < -0.3 is 10.6 Å². The summed E-state index contributed by atoms with van der Waals surface area (Å²) in [6.45, 7) is 6.58. The summed E-state index contributed by atoms with van der Waals surface area (Å²) in [5.74, 6) is 0.803. The highest BCUT2D eigenvalue weighted by molar-refractivity contribution is 14.0. The summed E-state index contributed by atoms with van der Waals surface area (Å²) < 4.78 is 3.84. The molecule has 0 fully saturated rings. The minimum Gasteiger partial charge on any atom is -0.356 e. The zero-order chi connectivity index (χ0) is 15.9. The molecule has 128 valence electrons. The Morgan fingerprint density at radius 2 is 2.09 bits per heavy atom. The normalized spacial score (nSPS) is 11.2. The van der Waals surface area contributed by atoms with Crippen LogP contribution in [0.3, 0.4) is 0 Å². The Balaban J connectivity index is 0.00000264. The lowest BCUT2D eigenvalue weighted by molar-refractivity contribution is 0.555. The van der Waals surface area contributed by atoms with Crippen molar-refractivity contribution in [3.63, 3.8) is 0 Å². The molecule has 0 aliphatic heterocycles. The number of nitrogens with zero attached hydrogens (tertiary/aromatic N) is 5. The highest BCUT2D eigenvalue weighted by Gasteiger charge is 2.02. The van der Waals surface area contributed by atoms with E-state index in [0.29, 0.717) is 6.54 Å². The van der Waals surface area contributed by atoms with Crippen molar-refractivity contribution >= 4 is 29.9 Å². The Morgan fingerprint density at radius 1 is 1.30 bits per heavy atom. The molecular formula is C15H26IN7. The number of aliphatic imine (C=N–C) groups is 1. The Morgan fingerprint density at radius 3 is 2.65 bits per heavy atom. The lowest BCUT2D eigenvalue weighted by Crippen LogP contribution is -2.37. The van der Waals surface area contributed by atoms with Gasteiger partial charge in [-0.05, 0) is 26.3 Å². The van der Waals surface area contributed by atoms with E-state index in [4.69, 9.17) is 0 Å². The number of rotatable bonds is 6. The minimum absolute atomic E-state index is 0. The van der Waals surface area contributed by atoms with Crippen molar-refractivity contribution in [1.82, 2.24) is 30.2 Å². The highest BCUT2D eigenvalue weighted by atomic mass is 127. The molecule has 0 aliphatic carbocycles. The van der Waals surface area contributed by atoms with Crippen molar-refractivity contribution in [2.24, 2.45) is 12.0 Å². The molecule has 0 saturated heterocycles. The van der Waals surface area contributed by atoms with Crippen LogP contribution in [0.5, 0.6) is 0 Å². The van der Waals surface area contributed by atoms with Gasteiger partial charge in [-0.15, -0.1) is 24.0 Å². The summed E-state index contributed by atoms with van der Waals surface area (Å²) in [5.41, 5.74) is 3.41. The van der Waals surface area contributed by atoms with Gasteiger partial charge in [0.1, 0.15) is 0 Å². The second-order valence-electron chi connectivity index (χ2n) is 5.38. The van der Waals surface area contributed by atoms with Crippen LogP contribution in [-0.2, 0) is 20.1 Å². The van der Waals surface area contributed by atoms with Gasteiger partial charge in [0.05, 0.1) is 11.9 Å². The maximum absolute atomic E-state index is 4.46. The van der Waals surface area contributed by atoms with Crippen LogP contribution in [0.25, 0.3) is 0 Å². The first kappa shape index (κ1) is 19.5. The van der Waals surface area contributed by atoms with Crippen LogP contribution in [0.4, 0.5) is 0 Å². The van der Waals surface area contributed by atoms with Gasteiger partial charge in [-0.1, -0.05) is 0 Å². The van der Waals surface area contributed by atoms with Gasteiger partial charge in [0.25, 0.3) is 0 Å². The molecule has 0 aliphatic rings. The summed E-state index contributed by atoms with van der Waals surface area (Å²) in [5, 5.41) is 15.2. The molecule has 2 rings (SSSR count). The lowest BCUT2D eigenvalue weighted by atomic mass is 10.3. The van der Waals surface area contributed by atoms with E-state index in [-0.39, 0.29) is 24.0 Å². The van der Waals surface area contributed by atoms with Gasteiger partial charge in [-0.25, -0.2) is 0 Å². The largest absolute Gasteiger partial charge is 0.356 e. The second-order valence-corrected chi connectivity index (χ2v) is 5.38. The smallest absolute Gasteiger partial charge is 0.191 e. The fourth-order valence-corrected chi connectivity index (χ4v) is 2.31. The van der Waals surface area contributed by atoms with Gasteiger partial charge in [-0.2, -0.15) is 10.2 Å². The quantitative estimate of drug-likeness (QED) is 0.316. The third-order valence-corrected chi connectivity index (χ3v) is 3.38. The molecule has 0 amide bonds. The Labute approximate surface area is 154 Å². The summed E-state index contributed by atoms with van der Waals surface area (Å²) >= 11 is 0. The van der Waals surface area contributed by atoms with Crippen LogP contribution in [0.15, 0.2) is 23.5 Å². The van der Waals surface area contributed by atoms with Crippen molar-refractivity contribution in [1.29, 1.82) is 0 Å². The van der Waals surface area contributed by atoms with Crippen LogP contribution in [-0.4, -0.2) is 39.1 Å². The number of aryl methyl sites for hydroxylation is 4. The van der Waals surface area contributed by atoms with E-state index in [1.807, 2.05) is 31.0 Å². The number of hydrogen-bond acceptors (Lipinski definition) is 3. The summed E-state index contributed by atoms with van der Waals surface area (Å²) in [7, 11) is 3.69. The monoisotopic (exact) mass is 431 g/mol. The van der Waals surface area contributed by atoms with Crippen LogP contribution < -0.4 is 10.6 Å². The van der Waals surface area contributed by atoms with Crippen molar-refractivity contribution in [2.45, 2.75) is 33.4 Å². The van der Waals surface area contributed by atoms with Crippen molar-refractivity contribution in [3.8, 4) is 0 Å². The van der Waals surface area contributed by atoms with Gasteiger partial charge >= 0.3 is 0 Å². The molecule has 0 saturated carbocycles. The molecule has 0 bridgehead atoms. The zero-order valence-corrected chi connectivity index (χ0v) is 16.5. The Bertz CT molecular complexity index is 630. The second kappa shape index (κ2) is 9.53. The van der Waals surface area contributed by atoms with Crippen molar-refractivity contribution in [3.05, 3.63) is 35.4 Å². The number of halogens is 1. The molecule has 0 unspecified atom stereocenters. The van der Waals surface area contributed by atoms with Crippen LogP contribution in [0, 0.1) is 13.8 Å². The first-order valence-electron chi connectivity index (χ1n) is 7.51. The van der Waals surface area contributed by atoms with Gasteiger partial charge in [0.2, 0.25) is 0 Å². The molecule has 2 aromatic rings. The molecular weight excluding hydrogens is 405 g/mol. The molecule has 2 heterocycles. The van der Waals surface area contributed by atoms with E-state index in [9.17, 15) is 0 Å². The van der Waals surface area contributed by atoms with Crippen molar-refractivity contribution in [2.75, 3.05) is 13.6 Å². The summed E-state index contributed by atoms with van der Waals surface area (Å²) in [6, 6.07) is 2.10. The van der Waals surface area contributed by atoms with E-state index in [1.54, 1.807) is 11.7 Å². The average molecular weight is 431 g/mol. The highest BCUT2D eigenvalue weighted by Crippen LogP contribution is 2.02. The maximum Gasteiger partial charge on any atom is 0.191 e. The van der Waals surface area contributed by atoms with Crippen molar-refractivity contribution < 1.29 is 0 Å². The standard InChI is InChI=1S/C15H25N7.HI/c1-12-8-13(2)22(20-12)7-5-6-17-15(16-3)18-9-14-10-19-21(4)11-14;/h8,10-11H,5-7,9H2,1-4H3,(H2,16,17,18);1H. The molecule has 0 atom stereocenters.